The van der Waals surface area contributed by atoms with E-state index in [4.69, 9.17) is 17.2 Å². The topological polar surface area (TPSA) is 215 Å². The number of carbonyl (C=O) groups excluding carboxylic acids is 2. The van der Waals surface area contributed by atoms with Crippen molar-refractivity contribution >= 4 is 23.7 Å². The van der Waals surface area contributed by atoms with Gasteiger partial charge in [0.05, 0.1) is 12.4 Å². The molecule has 12 heteroatoms. The molecular formula is C18H32N8O4. The molecule has 4 unspecified atom stereocenters. The zero-order chi connectivity index (χ0) is 22.7. The van der Waals surface area contributed by atoms with Gasteiger partial charge in [-0.1, -0.05) is 20.3 Å². The zero-order valence-electron chi connectivity index (χ0n) is 17.3. The second-order valence-electron chi connectivity index (χ2n) is 7.10. The van der Waals surface area contributed by atoms with Gasteiger partial charge >= 0.3 is 5.97 Å². The molecule has 1 aromatic heterocycles. The number of aromatic amines is 1. The van der Waals surface area contributed by atoms with Crippen molar-refractivity contribution in [3.05, 3.63) is 18.2 Å². The standard InChI is InChI=1S/C18H32N8O4/c1-3-10(2)14(19)16(28)26-13(7-11-8-22-9-24-11)15(27)25-12(17(29)30)5-4-6-23-18(20)21/h8-10,12-14H,3-7,19H2,1-2H3,(H,22,24)(H,25,27)(H,26,28)(H,29,30)(H4,20,21,23). The first kappa shape index (κ1) is 24.9. The number of nitrogens with one attached hydrogen (secondary N) is 3. The summed E-state index contributed by atoms with van der Waals surface area (Å²) in [7, 11) is 0. The Bertz CT molecular complexity index is 718. The molecule has 12 nitrogen and oxygen atoms in total. The van der Waals surface area contributed by atoms with E-state index in [1.54, 1.807) is 0 Å². The van der Waals surface area contributed by atoms with Gasteiger partial charge in [0, 0.05) is 24.9 Å². The Morgan fingerprint density at radius 1 is 1.23 bits per heavy atom. The number of nitrogens with two attached hydrogens (primary N) is 3. The van der Waals surface area contributed by atoms with E-state index >= 15 is 0 Å². The zero-order valence-corrected chi connectivity index (χ0v) is 17.3. The predicted molar refractivity (Wildman–Crippen MR) is 111 cm³/mol. The SMILES string of the molecule is CCC(C)C(N)C(=O)NC(Cc1cnc[nH]1)C(=O)NC(CCCN=C(N)N)C(=O)O. The summed E-state index contributed by atoms with van der Waals surface area (Å²) in [5.74, 6) is -2.49. The lowest BCUT2D eigenvalue weighted by molar-refractivity contribution is -0.142. The number of rotatable bonds is 13. The van der Waals surface area contributed by atoms with Crippen LogP contribution in [0.1, 0.15) is 38.8 Å². The minimum atomic E-state index is -1.20. The lowest BCUT2D eigenvalue weighted by Gasteiger charge is -2.24. The molecule has 10 N–H and O–H groups in total. The van der Waals surface area contributed by atoms with Crippen molar-refractivity contribution in [2.24, 2.45) is 28.1 Å². The van der Waals surface area contributed by atoms with Gasteiger partial charge in [-0.2, -0.15) is 0 Å². The number of imidazole rings is 1. The number of aliphatic imine (C=N–C) groups is 1. The van der Waals surface area contributed by atoms with E-state index in [0.29, 0.717) is 18.5 Å². The molecule has 0 aliphatic heterocycles. The maximum Gasteiger partial charge on any atom is 0.326 e. The molecule has 0 saturated heterocycles. The van der Waals surface area contributed by atoms with Crippen molar-refractivity contribution in [2.45, 2.75) is 57.7 Å². The number of hydrogen-bond acceptors (Lipinski definition) is 6. The summed E-state index contributed by atoms with van der Waals surface area (Å²) in [5, 5.41) is 14.5. The van der Waals surface area contributed by atoms with Crippen molar-refractivity contribution in [1.82, 2.24) is 20.6 Å². The van der Waals surface area contributed by atoms with Gasteiger partial charge in [0.1, 0.15) is 12.1 Å². The minimum absolute atomic E-state index is 0.0804. The molecule has 1 aromatic rings. The fraction of sp³-hybridized carbons (Fsp3) is 0.611. The van der Waals surface area contributed by atoms with Crippen LogP contribution in [0, 0.1) is 5.92 Å². The quantitative estimate of drug-likeness (QED) is 0.111. The van der Waals surface area contributed by atoms with E-state index in [0.717, 1.165) is 0 Å². The van der Waals surface area contributed by atoms with Crippen LogP contribution in [-0.4, -0.2) is 63.5 Å². The summed E-state index contributed by atoms with van der Waals surface area (Å²) in [4.78, 5) is 47.4. The third-order valence-electron chi connectivity index (χ3n) is 4.73. The molecule has 0 fully saturated rings. The summed E-state index contributed by atoms with van der Waals surface area (Å²) < 4.78 is 0. The maximum absolute atomic E-state index is 12.8. The summed E-state index contributed by atoms with van der Waals surface area (Å²) in [5.41, 5.74) is 17.0. The Morgan fingerprint density at radius 3 is 2.43 bits per heavy atom. The van der Waals surface area contributed by atoms with Crippen LogP contribution in [0.15, 0.2) is 17.5 Å². The largest absolute Gasteiger partial charge is 0.480 e. The molecule has 0 aromatic carbocycles. The second-order valence-corrected chi connectivity index (χ2v) is 7.10. The van der Waals surface area contributed by atoms with Gasteiger partial charge in [-0.25, -0.2) is 9.78 Å². The lowest BCUT2D eigenvalue weighted by Crippen LogP contribution is -2.56. The number of carboxylic acid groups (broad SMARTS) is 1. The van der Waals surface area contributed by atoms with Gasteiger partial charge in [-0.3, -0.25) is 14.6 Å². The van der Waals surface area contributed by atoms with Crippen LogP contribution in [-0.2, 0) is 20.8 Å². The van der Waals surface area contributed by atoms with Crippen LogP contribution in [0.25, 0.3) is 0 Å². The normalized spacial score (nSPS) is 14.8. The molecule has 0 aliphatic carbocycles. The first-order valence-electron chi connectivity index (χ1n) is 9.77. The Morgan fingerprint density at radius 2 is 1.90 bits per heavy atom. The third kappa shape index (κ3) is 8.47. The van der Waals surface area contributed by atoms with Crippen LogP contribution in [0.2, 0.25) is 0 Å². The van der Waals surface area contributed by atoms with Crippen molar-refractivity contribution in [3.8, 4) is 0 Å². The third-order valence-corrected chi connectivity index (χ3v) is 4.73. The Kier molecular flexibility index (Phi) is 10.3. The van der Waals surface area contributed by atoms with Gasteiger partial charge in [0.25, 0.3) is 0 Å². The van der Waals surface area contributed by atoms with Gasteiger partial charge in [-0.05, 0) is 18.8 Å². The van der Waals surface area contributed by atoms with Gasteiger partial charge in [0.2, 0.25) is 11.8 Å². The summed E-state index contributed by atoms with van der Waals surface area (Å²) in [6, 6.07) is -2.97. The highest BCUT2D eigenvalue weighted by atomic mass is 16.4. The molecule has 0 radical (unpaired) electrons. The van der Waals surface area contributed by atoms with E-state index in [2.05, 4.69) is 25.6 Å². The Labute approximate surface area is 175 Å². The van der Waals surface area contributed by atoms with Crippen molar-refractivity contribution in [1.29, 1.82) is 0 Å². The van der Waals surface area contributed by atoms with Crippen LogP contribution < -0.4 is 27.8 Å². The minimum Gasteiger partial charge on any atom is -0.480 e. The monoisotopic (exact) mass is 424 g/mol. The van der Waals surface area contributed by atoms with E-state index in [9.17, 15) is 19.5 Å². The molecule has 0 spiro atoms. The molecule has 168 valence electrons. The number of carbonyl (C=O) groups is 3. The van der Waals surface area contributed by atoms with Crippen LogP contribution in [0.5, 0.6) is 0 Å². The number of guanidine groups is 1. The summed E-state index contributed by atoms with van der Waals surface area (Å²) >= 11 is 0. The number of amides is 2. The van der Waals surface area contributed by atoms with Crippen molar-refractivity contribution in [3.63, 3.8) is 0 Å². The number of aromatic nitrogens is 2. The van der Waals surface area contributed by atoms with Crippen LogP contribution in [0.3, 0.4) is 0 Å². The molecule has 0 aliphatic rings. The Balaban J connectivity index is 2.84. The van der Waals surface area contributed by atoms with Gasteiger partial charge < -0.3 is 37.9 Å². The van der Waals surface area contributed by atoms with Crippen LogP contribution >= 0.6 is 0 Å². The smallest absolute Gasteiger partial charge is 0.326 e. The lowest BCUT2D eigenvalue weighted by atomic mass is 9.98. The average molecular weight is 425 g/mol. The molecule has 4 atom stereocenters. The summed E-state index contributed by atoms with van der Waals surface area (Å²) in [6.45, 7) is 3.98. The molecule has 1 rings (SSSR count). The number of H-pyrrole nitrogens is 1. The molecule has 2 amide bonds. The number of nitrogens with zero attached hydrogens (tertiary/aromatic N) is 2. The highest BCUT2D eigenvalue weighted by Gasteiger charge is 2.29. The number of aliphatic carboxylic acids is 1. The van der Waals surface area contributed by atoms with Crippen LogP contribution in [0.4, 0.5) is 0 Å². The van der Waals surface area contributed by atoms with Gasteiger partial charge in [0.15, 0.2) is 5.96 Å². The van der Waals surface area contributed by atoms with Crippen molar-refractivity contribution < 1.29 is 19.5 Å². The highest BCUT2D eigenvalue weighted by molar-refractivity contribution is 5.92. The fourth-order valence-electron chi connectivity index (χ4n) is 2.64. The number of carboxylic acids is 1. The molecule has 0 saturated carbocycles. The molecule has 1 heterocycles. The highest BCUT2D eigenvalue weighted by Crippen LogP contribution is 2.07. The summed E-state index contributed by atoms with van der Waals surface area (Å²) in [6.07, 6.45) is 4.24. The second kappa shape index (κ2) is 12.4. The molecular weight excluding hydrogens is 392 g/mol. The predicted octanol–water partition coefficient (Wildman–Crippen LogP) is -1.57. The Hall–Kier alpha value is -3.15. The van der Waals surface area contributed by atoms with E-state index in [1.165, 1.54) is 12.5 Å². The maximum atomic E-state index is 12.8. The first-order chi connectivity index (χ1) is 14.1. The van der Waals surface area contributed by atoms with Crippen molar-refractivity contribution in [2.75, 3.05) is 6.54 Å². The average Bonchev–Trinajstić information content (AvgIpc) is 3.20. The van der Waals surface area contributed by atoms with Gasteiger partial charge in [-0.15, -0.1) is 0 Å². The van der Waals surface area contributed by atoms with E-state index in [1.807, 2.05) is 13.8 Å². The number of hydrogen-bond donors (Lipinski definition) is 7. The first-order valence-corrected chi connectivity index (χ1v) is 9.77. The van der Waals surface area contributed by atoms with E-state index < -0.39 is 35.9 Å². The molecule has 30 heavy (non-hydrogen) atoms. The molecule has 0 bridgehead atoms. The fourth-order valence-corrected chi connectivity index (χ4v) is 2.64. The van der Waals surface area contributed by atoms with E-state index in [-0.39, 0.29) is 31.3 Å².